The first-order valence-corrected chi connectivity index (χ1v) is 2.79. The second-order valence-corrected chi connectivity index (χ2v) is 1.94. The first kappa shape index (κ1) is 6.48. The molecule has 0 spiro atoms. The smallest absolute Gasteiger partial charge is 0.120 e. The number of hydrogen-bond donors (Lipinski definition) is 1. The van der Waals surface area contributed by atoms with E-state index in [4.69, 9.17) is 10.5 Å². The number of alkyl halides is 1. The minimum atomic E-state index is -0.485. The van der Waals surface area contributed by atoms with E-state index < -0.39 is 6.67 Å². The van der Waals surface area contributed by atoms with Crippen molar-refractivity contribution in [2.45, 2.75) is 6.04 Å². The van der Waals surface area contributed by atoms with Crippen molar-refractivity contribution in [3.05, 3.63) is 0 Å². The number of rotatable bonds is 1. The summed E-state index contributed by atoms with van der Waals surface area (Å²) in [7, 11) is 0. The van der Waals surface area contributed by atoms with Gasteiger partial charge in [0.1, 0.15) is 25.2 Å². The van der Waals surface area contributed by atoms with Crippen LogP contribution in [0.4, 0.5) is 4.39 Å². The molecule has 4 heteroatoms. The molecule has 0 aromatic carbocycles. The predicted octanol–water partition coefficient (Wildman–Crippen LogP) is -0.288. The molecule has 1 rings (SSSR count). The third-order valence-electron chi connectivity index (χ3n) is 1.09. The molecule has 0 aliphatic carbocycles. The molecule has 1 aliphatic rings. The quantitative estimate of drug-likeness (QED) is 0.533. The summed E-state index contributed by atoms with van der Waals surface area (Å²) in [6.07, 6.45) is 0. The van der Waals surface area contributed by atoms with Crippen LogP contribution in [-0.2, 0) is 4.74 Å². The molecule has 52 valence electrons. The van der Waals surface area contributed by atoms with Crippen LogP contribution in [0.2, 0.25) is 0 Å². The fourth-order valence-electron chi connectivity index (χ4n) is 0.688. The summed E-state index contributed by atoms with van der Waals surface area (Å²) < 4.78 is 16.7. The van der Waals surface area contributed by atoms with Crippen LogP contribution in [0.3, 0.4) is 0 Å². The van der Waals surface area contributed by atoms with Gasteiger partial charge in [0.2, 0.25) is 0 Å². The summed E-state index contributed by atoms with van der Waals surface area (Å²) in [6.45, 7) is 0.217. The van der Waals surface area contributed by atoms with Crippen molar-refractivity contribution in [1.82, 2.24) is 0 Å². The van der Waals surface area contributed by atoms with Gasteiger partial charge < -0.3 is 10.5 Å². The molecule has 3 nitrogen and oxygen atoms in total. The fraction of sp³-hybridized carbons (Fsp3) is 0.800. The summed E-state index contributed by atoms with van der Waals surface area (Å²) in [6, 6.07) is -0.362. The topological polar surface area (TPSA) is 47.6 Å². The van der Waals surface area contributed by atoms with E-state index in [1.165, 1.54) is 0 Å². The minimum Gasteiger partial charge on any atom is -0.386 e. The van der Waals surface area contributed by atoms with Crippen molar-refractivity contribution in [2.75, 3.05) is 19.9 Å². The van der Waals surface area contributed by atoms with Crippen molar-refractivity contribution in [1.29, 1.82) is 0 Å². The van der Waals surface area contributed by atoms with Gasteiger partial charge in [-0.15, -0.1) is 0 Å². The zero-order chi connectivity index (χ0) is 6.69. The molecule has 1 unspecified atom stereocenters. The van der Waals surface area contributed by atoms with Gasteiger partial charge in [0.05, 0.1) is 6.61 Å². The summed E-state index contributed by atoms with van der Waals surface area (Å²) in [5.41, 5.74) is 5.26. The number of hydrogen-bond acceptors (Lipinski definition) is 3. The monoisotopic (exact) mass is 132 g/mol. The highest BCUT2D eigenvalue weighted by molar-refractivity contribution is 5.82. The van der Waals surface area contributed by atoms with Crippen molar-refractivity contribution in [3.63, 3.8) is 0 Å². The van der Waals surface area contributed by atoms with Crippen LogP contribution < -0.4 is 5.73 Å². The Hall–Kier alpha value is -0.640. The summed E-state index contributed by atoms with van der Waals surface area (Å²) in [5, 5.41) is 0. The van der Waals surface area contributed by atoms with Crippen LogP contribution in [0.25, 0.3) is 0 Å². The highest BCUT2D eigenvalue weighted by Crippen LogP contribution is 1.98. The Bertz CT molecular complexity index is 126. The van der Waals surface area contributed by atoms with E-state index in [2.05, 4.69) is 4.99 Å². The predicted molar refractivity (Wildman–Crippen MR) is 32.2 cm³/mol. The first-order chi connectivity index (χ1) is 4.33. The molecule has 0 radical (unpaired) electrons. The molecule has 0 aromatic rings. The third-order valence-corrected chi connectivity index (χ3v) is 1.09. The molecule has 2 N–H and O–H groups in total. The number of amidine groups is 1. The van der Waals surface area contributed by atoms with Crippen LogP contribution >= 0.6 is 0 Å². The minimum absolute atomic E-state index is 0.344. The lowest BCUT2D eigenvalue weighted by Crippen LogP contribution is -2.31. The van der Waals surface area contributed by atoms with Gasteiger partial charge in [-0.05, 0) is 0 Å². The normalized spacial score (nSPS) is 27.7. The lowest BCUT2D eigenvalue weighted by atomic mass is 10.3. The molecule has 0 saturated heterocycles. The van der Waals surface area contributed by atoms with E-state index >= 15 is 0 Å². The fourth-order valence-corrected chi connectivity index (χ4v) is 0.688. The van der Waals surface area contributed by atoms with Crippen LogP contribution in [0.15, 0.2) is 4.99 Å². The maximum atomic E-state index is 11.8. The average Bonchev–Trinajstić information content (AvgIpc) is 1.88. The lowest BCUT2D eigenvalue weighted by Gasteiger charge is -2.15. The lowest BCUT2D eigenvalue weighted by molar-refractivity contribution is 0.133. The standard InChI is InChI=1S/C5H9FN2O/c6-1-4-2-9-3-5(7)8-4/h4H,1-3H2,(H2,7,8). The van der Waals surface area contributed by atoms with Gasteiger partial charge in [-0.3, -0.25) is 4.99 Å². The summed E-state index contributed by atoms with van der Waals surface area (Å²) >= 11 is 0. The first-order valence-electron chi connectivity index (χ1n) is 2.79. The van der Waals surface area contributed by atoms with E-state index in [9.17, 15) is 4.39 Å². The van der Waals surface area contributed by atoms with Crippen molar-refractivity contribution in [2.24, 2.45) is 10.7 Å². The maximum absolute atomic E-state index is 11.8. The van der Waals surface area contributed by atoms with Crippen LogP contribution in [-0.4, -0.2) is 31.8 Å². The Morgan fingerprint density at radius 2 is 2.67 bits per heavy atom. The van der Waals surface area contributed by atoms with Gasteiger partial charge in [-0.2, -0.15) is 0 Å². The SMILES string of the molecule is NC1=NC(CF)COC1. The Balaban J connectivity index is 2.47. The molecular weight excluding hydrogens is 123 g/mol. The summed E-state index contributed by atoms with van der Waals surface area (Å²) in [5.74, 6) is 0.393. The van der Waals surface area contributed by atoms with Gasteiger partial charge in [-0.1, -0.05) is 0 Å². The van der Waals surface area contributed by atoms with Crippen LogP contribution in [0.5, 0.6) is 0 Å². The van der Waals surface area contributed by atoms with Gasteiger partial charge in [-0.25, -0.2) is 4.39 Å². The molecule has 0 amide bonds. The second kappa shape index (κ2) is 2.77. The Kier molecular flexibility index (Phi) is 2.00. The molecule has 0 fully saturated rings. The maximum Gasteiger partial charge on any atom is 0.120 e. The van der Waals surface area contributed by atoms with E-state index in [0.717, 1.165) is 0 Å². The van der Waals surface area contributed by atoms with Gasteiger partial charge >= 0.3 is 0 Å². The van der Waals surface area contributed by atoms with Crippen molar-refractivity contribution in [3.8, 4) is 0 Å². The van der Waals surface area contributed by atoms with Gasteiger partial charge in [0.15, 0.2) is 0 Å². The third kappa shape index (κ3) is 1.64. The highest BCUT2D eigenvalue weighted by atomic mass is 19.1. The van der Waals surface area contributed by atoms with E-state index in [0.29, 0.717) is 19.0 Å². The van der Waals surface area contributed by atoms with Gasteiger partial charge in [0.25, 0.3) is 0 Å². The zero-order valence-corrected chi connectivity index (χ0v) is 5.01. The molecule has 1 aliphatic heterocycles. The number of nitrogens with zero attached hydrogens (tertiary/aromatic N) is 1. The van der Waals surface area contributed by atoms with Crippen molar-refractivity contribution >= 4 is 5.84 Å². The summed E-state index contributed by atoms with van der Waals surface area (Å²) in [4.78, 5) is 3.80. The molecule has 9 heavy (non-hydrogen) atoms. The van der Waals surface area contributed by atoms with Crippen LogP contribution in [0.1, 0.15) is 0 Å². The Morgan fingerprint density at radius 1 is 1.89 bits per heavy atom. The number of aliphatic imine (C=N–C) groups is 1. The molecule has 1 heterocycles. The van der Waals surface area contributed by atoms with E-state index in [-0.39, 0.29) is 6.04 Å². The largest absolute Gasteiger partial charge is 0.386 e. The average molecular weight is 132 g/mol. The van der Waals surface area contributed by atoms with Crippen molar-refractivity contribution < 1.29 is 9.13 Å². The Morgan fingerprint density at radius 3 is 3.11 bits per heavy atom. The second-order valence-electron chi connectivity index (χ2n) is 1.94. The highest BCUT2D eigenvalue weighted by Gasteiger charge is 2.12. The number of halogens is 1. The Labute approximate surface area is 52.7 Å². The number of ether oxygens (including phenoxy) is 1. The molecule has 0 saturated carbocycles. The van der Waals surface area contributed by atoms with E-state index in [1.54, 1.807) is 0 Å². The van der Waals surface area contributed by atoms with Gasteiger partial charge in [0, 0.05) is 0 Å². The molecule has 0 bridgehead atoms. The molecule has 1 atom stereocenters. The molecule has 0 aromatic heterocycles. The molecular formula is C5H9FN2O. The van der Waals surface area contributed by atoms with Crippen LogP contribution in [0, 0.1) is 0 Å². The number of nitrogens with two attached hydrogens (primary N) is 1. The van der Waals surface area contributed by atoms with E-state index in [1.807, 2.05) is 0 Å². The zero-order valence-electron chi connectivity index (χ0n) is 5.01.